The van der Waals surface area contributed by atoms with Gasteiger partial charge < -0.3 is 10.5 Å². The van der Waals surface area contributed by atoms with Crippen LogP contribution < -0.4 is 10.5 Å². The van der Waals surface area contributed by atoms with Crippen LogP contribution in [0.15, 0.2) is 12.4 Å². The molecule has 0 saturated heterocycles. The summed E-state index contributed by atoms with van der Waals surface area (Å²) in [5.74, 6) is 0.910. The Morgan fingerprint density at radius 3 is 2.86 bits per heavy atom. The van der Waals surface area contributed by atoms with E-state index in [1.807, 2.05) is 0 Å². The number of nitrogens with zero attached hydrogens (tertiary/aromatic N) is 2. The lowest BCUT2D eigenvalue weighted by Gasteiger charge is -2.06. The fourth-order valence-electron chi connectivity index (χ4n) is 1.10. The minimum absolute atomic E-state index is 0.108. The predicted octanol–water partition coefficient (Wildman–Crippen LogP) is 0.549. The summed E-state index contributed by atoms with van der Waals surface area (Å²) >= 11 is 0. The highest BCUT2D eigenvalue weighted by Crippen LogP contribution is 2.29. The maximum Gasteiger partial charge on any atom is 0.243 e. The number of nitrogens with two attached hydrogens (primary N) is 1. The maximum absolute atomic E-state index is 7.27. The van der Waals surface area contributed by atoms with Crippen molar-refractivity contribution in [2.75, 3.05) is 6.61 Å². The molecule has 0 atom stereocenters. The number of rotatable bonds is 4. The first-order valence-electron chi connectivity index (χ1n) is 4.55. The molecule has 0 aliphatic heterocycles. The highest BCUT2D eigenvalue weighted by atomic mass is 16.5. The van der Waals surface area contributed by atoms with Crippen molar-refractivity contribution in [3.63, 3.8) is 0 Å². The van der Waals surface area contributed by atoms with Crippen molar-refractivity contribution in [2.24, 2.45) is 11.7 Å². The van der Waals surface area contributed by atoms with Gasteiger partial charge in [0, 0.05) is 12.4 Å². The van der Waals surface area contributed by atoms with Crippen LogP contribution in [0.4, 0.5) is 0 Å². The maximum atomic E-state index is 7.27. The van der Waals surface area contributed by atoms with E-state index in [0.717, 1.165) is 0 Å². The smallest absolute Gasteiger partial charge is 0.243 e. The second kappa shape index (κ2) is 3.61. The summed E-state index contributed by atoms with van der Waals surface area (Å²) in [5, 5.41) is 7.27. The molecule has 1 heterocycles. The monoisotopic (exact) mass is 192 g/mol. The van der Waals surface area contributed by atoms with Crippen LogP contribution in [-0.4, -0.2) is 22.4 Å². The van der Waals surface area contributed by atoms with Gasteiger partial charge in [-0.25, -0.2) is 9.97 Å². The van der Waals surface area contributed by atoms with Crippen LogP contribution in [0.2, 0.25) is 0 Å². The number of hydrogen-bond acceptors (Lipinski definition) is 4. The molecule has 1 saturated carbocycles. The second-order valence-corrected chi connectivity index (χ2v) is 3.38. The van der Waals surface area contributed by atoms with Gasteiger partial charge >= 0.3 is 0 Å². The lowest BCUT2D eigenvalue weighted by molar-refractivity contribution is 0.286. The lowest BCUT2D eigenvalue weighted by atomic mass is 10.4. The summed E-state index contributed by atoms with van der Waals surface area (Å²) in [6.07, 6.45) is 5.47. The molecule has 14 heavy (non-hydrogen) atoms. The molecule has 0 radical (unpaired) electrons. The Hall–Kier alpha value is -1.65. The fourth-order valence-corrected chi connectivity index (χ4v) is 1.10. The molecule has 3 N–H and O–H groups in total. The summed E-state index contributed by atoms with van der Waals surface area (Å²) in [5.41, 5.74) is 5.66. The van der Waals surface area contributed by atoms with E-state index in [0.29, 0.717) is 24.1 Å². The van der Waals surface area contributed by atoms with E-state index in [2.05, 4.69) is 9.97 Å². The largest absolute Gasteiger partial charge is 0.476 e. The van der Waals surface area contributed by atoms with E-state index in [1.54, 1.807) is 0 Å². The van der Waals surface area contributed by atoms with Crippen molar-refractivity contribution in [3.8, 4) is 5.88 Å². The molecule has 0 spiro atoms. The van der Waals surface area contributed by atoms with Crippen LogP contribution in [0.1, 0.15) is 18.5 Å². The van der Waals surface area contributed by atoms with Crippen molar-refractivity contribution in [2.45, 2.75) is 12.8 Å². The van der Waals surface area contributed by atoms with Gasteiger partial charge in [0.05, 0.1) is 6.61 Å². The SMILES string of the molecule is N=C(N)c1nccnc1OCC1CC1. The third kappa shape index (κ3) is 1.99. The summed E-state index contributed by atoms with van der Waals surface area (Å²) < 4.78 is 5.43. The number of nitrogen functional groups attached to an aromatic ring is 1. The molecule has 5 heteroatoms. The molecule has 0 amide bonds. The minimum Gasteiger partial charge on any atom is -0.476 e. The molecule has 0 bridgehead atoms. The normalized spacial score (nSPS) is 15.1. The van der Waals surface area contributed by atoms with Gasteiger partial charge in [-0.15, -0.1) is 0 Å². The molecular formula is C9H12N4O. The van der Waals surface area contributed by atoms with Crippen molar-refractivity contribution in [1.82, 2.24) is 9.97 Å². The summed E-state index contributed by atoms with van der Waals surface area (Å²) in [6.45, 7) is 0.652. The highest BCUT2D eigenvalue weighted by Gasteiger charge is 2.23. The van der Waals surface area contributed by atoms with Gasteiger partial charge in [-0.2, -0.15) is 0 Å². The zero-order valence-corrected chi connectivity index (χ0v) is 7.73. The topological polar surface area (TPSA) is 84.9 Å². The zero-order chi connectivity index (χ0) is 9.97. The quantitative estimate of drug-likeness (QED) is 0.539. The van der Waals surface area contributed by atoms with E-state index in [1.165, 1.54) is 25.2 Å². The molecule has 2 rings (SSSR count). The van der Waals surface area contributed by atoms with Crippen LogP contribution in [0.5, 0.6) is 5.88 Å². The predicted molar refractivity (Wildman–Crippen MR) is 51.3 cm³/mol. The van der Waals surface area contributed by atoms with Gasteiger partial charge in [0.2, 0.25) is 5.88 Å². The zero-order valence-electron chi connectivity index (χ0n) is 7.73. The molecule has 1 aromatic rings. The summed E-state index contributed by atoms with van der Waals surface area (Å²) in [7, 11) is 0. The number of hydrogen-bond donors (Lipinski definition) is 2. The number of ether oxygens (including phenoxy) is 1. The van der Waals surface area contributed by atoms with Gasteiger partial charge in [0.25, 0.3) is 0 Å². The van der Waals surface area contributed by atoms with E-state index in [4.69, 9.17) is 15.9 Å². The number of aromatic nitrogens is 2. The van der Waals surface area contributed by atoms with Gasteiger partial charge in [-0.1, -0.05) is 0 Å². The molecule has 1 aliphatic carbocycles. The summed E-state index contributed by atoms with van der Waals surface area (Å²) in [4.78, 5) is 7.93. The molecule has 5 nitrogen and oxygen atoms in total. The second-order valence-electron chi connectivity index (χ2n) is 3.38. The molecular weight excluding hydrogens is 180 g/mol. The first-order chi connectivity index (χ1) is 6.77. The van der Waals surface area contributed by atoms with Crippen molar-refractivity contribution < 1.29 is 4.74 Å². The third-order valence-corrected chi connectivity index (χ3v) is 2.07. The molecule has 0 unspecified atom stereocenters. The van der Waals surface area contributed by atoms with Crippen LogP contribution in [0.25, 0.3) is 0 Å². The van der Waals surface area contributed by atoms with Crippen molar-refractivity contribution in [1.29, 1.82) is 5.41 Å². The van der Waals surface area contributed by atoms with E-state index < -0.39 is 0 Å². The average Bonchev–Trinajstić information content (AvgIpc) is 2.98. The molecule has 0 aromatic carbocycles. The van der Waals surface area contributed by atoms with Crippen LogP contribution >= 0.6 is 0 Å². The van der Waals surface area contributed by atoms with Crippen molar-refractivity contribution in [3.05, 3.63) is 18.1 Å². The molecule has 1 aromatic heterocycles. The Morgan fingerprint density at radius 1 is 1.50 bits per heavy atom. The van der Waals surface area contributed by atoms with Gasteiger partial charge in [-0.05, 0) is 18.8 Å². The minimum atomic E-state index is -0.108. The van der Waals surface area contributed by atoms with E-state index >= 15 is 0 Å². The van der Waals surface area contributed by atoms with Crippen LogP contribution in [0, 0.1) is 11.3 Å². The fraction of sp³-hybridized carbons (Fsp3) is 0.444. The Kier molecular flexibility index (Phi) is 2.30. The Labute approximate surface area is 81.8 Å². The first kappa shape index (κ1) is 8.93. The summed E-state index contributed by atoms with van der Waals surface area (Å²) in [6, 6.07) is 0. The van der Waals surface area contributed by atoms with E-state index in [9.17, 15) is 0 Å². The Bertz CT molecular complexity index is 348. The van der Waals surface area contributed by atoms with E-state index in [-0.39, 0.29) is 5.84 Å². The van der Waals surface area contributed by atoms with Crippen LogP contribution in [-0.2, 0) is 0 Å². The first-order valence-corrected chi connectivity index (χ1v) is 4.55. The highest BCUT2D eigenvalue weighted by molar-refractivity contribution is 5.94. The molecule has 1 fully saturated rings. The standard InChI is InChI=1S/C9H12N4O/c10-8(11)7-9(13-4-3-12-7)14-5-6-1-2-6/h3-4,6H,1-2,5H2,(H3,10,11). The molecule has 74 valence electrons. The third-order valence-electron chi connectivity index (χ3n) is 2.07. The van der Waals surface area contributed by atoms with Gasteiger partial charge in [-0.3, -0.25) is 5.41 Å². The lowest BCUT2D eigenvalue weighted by Crippen LogP contribution is -2.16. The Balaban J connectivity index is 2.09. The average molecular weight is 192 g/mol. The molecule has 1 aliphatic rings. The van der Waals surface area contributed by atoms with Gasteiger partial charge in [0.15, 0.2) is 5.69 Å². The van der Waals surface area contributed by atoms with Gasteiger partial charge in [0.1, 0.15) is 5.84 Å². The number of nitrogens with one attached hydrogen (secondary N) is 1. The van der Waals surface area contributed by atoms with Crippen molar-refractivity contribution >= 4 is 5.84 Å². The number of amidine groups is 1. The Morgan fingerprint density at radius 2 is 2.21 bits per heavy atom. The van der Waals surface area contributed by atoms with Crippen LogP contribution in [0.3, 0.4) is 0 Å².